The second kappa shape index (κ2) is 6.28. The van der Waals surface area contributed by atoms with Gasteiger partial charge in [-0.15, -0.1) is 0 Å². The molecule has 1 saturated heterocycles. The first-order chi connectivity index (χ1) is 9.93. The summed E-state index contributed by atoms with van der Waals surface area (Å²) in [6.07, 6.45) is 0. The molecule has 2 heterocycles. The van der Waals surface area contributed by atoms with Gasteiger partial charge in [-0.05, 0) is 7.05 Å². The van der Waals surface area contributed by atoms with Gasteiger partial charge in [0, 0.05) is 39.3 Å². The van der Waals surface area contributed by atoms with Crippen molar-refractivity contribution in [3.8, 4) is 0 Å². The zero-order chi connectivity index (χ0) is 15.6. The van der Waals surface area contributed by atoms with Gasteiger partial charge in [0.25, 0.3) is 11.8 Å². The van der Waals surface area contributed by atoms with E-state index in [0.717, 1.165) is 13.1 Å². The topological polar surface area (TPSA) is 89.6 Å². The van der Waals surface area contributed by atoms with Crippen LogP contribution in [0.2, 0.25) is 0 Å². The number of rotatable bonds is 3. The van der Waals surface area contributed by atoms with Gasteiger partial charge in [-0.3, -0.25) is 15.0 Å². The summed E-state index contributed by atoms with van der Waals surface area (Å²) in [6.45, 7) is 2.76. The minimum atomic E-state index is -0.448. The molecule has 8 heteroatoms. The van der Waals surface area contributed by atoms with Crippen LogP contribution in [-0.2, 0) is 0 Å². The van der Waals surface area contributed by atoms with Gasteiger partial charge in [-0.25, -0.2) is 0 Å². The Kier molecular flexibility index (Phi) is 4.64. The zero-order valence-electron chi connectivity index (χ0n) is 11.9. The summed E-state index contributed by atoms with van der Waals surface area (Å²) in [6, 6.07) is 1.34. The van der Waals surface area contributed by atoms with E-state index in [0.29, 0.717) is 13.1 Å². The molecule has 0 radical (unpaired) electrons. The van der Waals surface area contributed by atoms with Crippen molar-refractivity contribution in [3.05, 3.63) is 23.2 Å². The standard InChI is InChI=1S/C13H17ClN4O3/c1-16-12(19)8-7-9(21-10(8)11(14)15)13(20)18-5-3-17(2)4-6-18/h7,15H,3-6H2,1-2H3,(H,16,19). The third-order valence-electron chi connectivity index (χ3n) is 3.40. The summed E-state index contributed by atoms with van der Waals surface area (Å²) < 4.78 is 5.32. The first-order valence-corrected chi connectivity index (χ1v) is 6.90. The molecule has 1 aliphatic rings. The zero-order valence-corrected chi connectivity index (χ0v) is 12.7. The minimum absolute atomic E-state index is 0.0264. The molecule has 1 aromatic heterocycles. The summed E-state index contributed by atoms with van der Waals surface area (Å²) in [4.78, 5) is 27.9. The summed E-state index contributed by atoms with van der Waals surface area (Å²) >= 11 is 5.61. The number of nitrogens with zero attached hydrogens (tertiary/aromatic N) is 2. The van der Waals surface area contributed by atoms with E-state index in [1.807, 2.05) is 7.05 Å². The van der Waals surface area contributed by atoms with Gasteiger partial charge in [0.05, 0.1) is 5.56 Å². The highest BCUT2D eigenvalue weighted by atomic mass is 35.5. The van der Waals surface area contributed by atoms with E-state index in [9.17, 15) is 9.59 Å². The van der Waals surface area contributed by atoms with E-state index >= 15 is 0 Å². The van der Waals surface area contributed by atoms with Gasteiger partial charge in [0.2, 0.25) is 0 Å². The van der Waals surface area contributed by atoms with Crippen LogP contribution in [-0.4, -0.2) is 67.1 Å². The fourth-order valence-electron chi connectivity index (χ4n) is 2.13. The van der Waals surface area contributed by atoms with Crippen molar-refractivity contribution in [2.45, 2.75) is 0 Å². The lowest BCUT2D eigenvalue weighted by Crippen LogP contribution is -2.47. The lowest BCUT2D eigenvalue weighted by atomic mass is 10.2. The molecule has 1 aliphatic heterocycles. The molecule has 0 spiro atoms. The number of carbonyl (C=O) groups excluding carboxylic acids is 2. The maximum Gasteiger partial charge on any atom is 0.289 e. The Balaban J connectivity index is 2.25. The van der Waals surface area contributed by atoms with Crippen LogP contribution in [0.15, 0.2) is 10.5 Å². The summed E-state index contributed by atoms with van der Waals surface area (Å²) in [5, 5.41) is 9.45. The molecule has 0 aromatic carbocycles. The molecule has 2 rings (SSSR count). The SMILES string of the molecule is CNC(=O)c1cc(C(=O)N2CCN(C)CC2)oc1C(=N)Cl. The monoisotopic (exact) mass is 312 g/mol. The molecule has 0 aliphatic carbocycles. The van der Waals surface area contributed by atoms with Crippen molar-refractivity contribution < 1.29 is 14.0 Å². The van der Waals surface area contributed by atoms with Crippen LogP contribution in [0.4, 0.5) is 0 Å². The fraction of sp³-hybridized carbons (Fsp3) is 0.462. The summed E-state index contributed by atoms with van der Waals surface area (Å²) in [7, 11) is 3.45. The molecule has 21 heavy (non-hydrogen) atoms. The lowest BCUT2D eigenvalue weighted by Gasteiger charge is -2.31. The van der Waals surface area contributed by atoms with Gasteiger partial charge < -0.3 is 19.5 Å². The van der Waals surface area contributed by atoms with Gasteiger partial charge in [0.1, 0.15) is 0 Å². The molecule has 114 valence electrons. The van der Waals surface area contributed by atoms with E-state index in [4.69, 9.17) is 21.4 Å². The largest absolute Gasteiger partial charge is 0.447 e. The second-order valence-corrected chi connectivity index (χ2v) is 5.22. The second-order valence-electron chi connectivity index (χ2n) is 4.84. The van der Waals surface area contributed by atoms with Crippen LogP contribution in [0.5, 0.6) is 0 Å². The predicted molar refractivity (Wildman–Crippen MR) is 78.2 cm³/mol. The van der Waals surface area contributed by atoms with Crippen LogP contribution in [0.3, 0.4) is 0 Å². The summed E-state index contributed by atoms with van der Waals surface area (Å²) in [5.41, 5.74) is 0.0926. The normalized spacial score (nSPS) is 15.9. The van der Waals surface area contributed by atoms with Gasteiger partial charge in [-0.2, -0.15) is 0 Å². The molecule has 0 saturated carbocycles. The molecule has 7 nitrogen and oxygen atoms in total. The highest BCUT2D eigenvalue weighted by molar-refractivity contribution is 6.68. The van der Waals surface area contributed by atoms with Gasteiger partial charge >= 0.3 is 0 Å². The molecule has 0 bridgehead atoms. The van der Waals surface area contributed by atoms with Crippen LogP contribution in [0.25, 0.3) is 0 Å². The molecular formula is C13H17ClN4O3. The van der Waals surface area contributed by atoms with Gasteiger partial charge in [-0.1, -0.05) is 11.6 Å². The Morgan fingerprint density at radius 1 is 1.33 bits per heavy atom. The number of hydrogen-bond acceptors (Lipinski definition) is 5. The van der Waals surface area contributed by atoms with Crippen molar-refractivity contribution in [2.24, 2.45) is 0 Å². The average Bonchev–Trinajstić information content (AvgIpc) is 2.92. The first kappa shape index (κ1) is 15.5. The Bertz CT molecular complexity index is 576. The van der Waals surface area contributed by atoms with Crippen LogP contribution in [0, 0.1) is 5.41 Å². The predicted octanol–water partition coefficient (Wildman–Crippen LogP) is 0.591. The Morgan fingerprint density at radius 3 is 2.48 bits per heavy atom. The molecule has 0 unspecified atom stereocenters. The molecule has 1 aromatic rings. The number of piperazine rings is 1. The number of hydrogen-bond donors (Lipinski definition) is 2. The van der Waals surface area contributed by atoms with E-state index in [-0.39, 0.29) is 23.0 Å². The lowest BCUT2D eigenvalue weighted by molar-refractivity contribution is 0.0632. The highest BCUT2D eigenvalue weighted by Crippen LogP contribution is 2.20. The summed E-state index contributed by atoms with van der Waals surface area (Å²) in [5.74, 6) is -0.805. The van der Waals surface area contributed by atoms with Crippen LogP contribution in [0.1, 0.15) is 26.7 Å². The quantitative estimate of drug-likeness (QED) is 0.799. The number of nitrogens with one attached hydrogen (secondary N) is 2. The maximum atomic E-state index is 12.4. The first-order valence-electron chi connectivity index (χ1n) is 6.52. The molecule has 2 N–H and O–H groups in total. The van der Waals surface area contributed by atoms with E-state index in [1.54, 1.807) is 4.90 Å². The number of amides is 2. The van der Waals surface area contributed by atoms with E-state index < -0.39 is 11.1 Å². The van der Waals surface area contributed by atoms with E-state index in [1.165, 1.54) is 13.1 Å². The average molecular weight is 313 g/mol. The number of furan rings is 1. The Hall–Kier alpha value is -1.86. The van der Waals surface area contributed by atoms with Crippen molar-refractivity contribution in [2.75, 3.05) is 40.3 Å². The highest BCUT2D eigenvalue weighted by Gasteiger charge is 2.27. The number of likely N-dealkylation sites (N-methyl/N-ethyl adjacent to an activating group) is 1. The smallest absolute Gasteiger partial charge is 0.289 e. The molecule has 2 amide bonds. The Labute approximate surface area is 127 Å². The van der Waals surface area contributed by atoms with Crippen molar-refractivity contribution >= 4 is 28.6 Å². The van der Waals surface area contributed by atoms with E-state index in [2.05, 4.69) is 10.2 Å². The molecular weight excluding hydrogens is 296 g/mol. The third-order valence-corrected chi connectivity index (χ3v) is 3.58. The van der Waals surface area contributed by atoms with Crippen LogP contribution >= 0.6 is 11.6 Å². The Morgan fingerprint density at radius 2 is 1.95 bits per heavy atom. The van der Waals surface area contributed by atoms with Crippen molar-refractivity contribution in [1.82, 2.24) is 15.1 Å². The molecule has 0 atom stereocenters. The van der Waals surface area contributed by atoms with Crippen LogP contribution < -0.4 is 5.32 Å². The van der Waals surface area contributed by atoms with Crippen molar-refractivity contribution in [1.29, 1.82) is 5.41 Å². The molecule has 1 fully saturated rings. The van der Waals surface area contributed by atoms with Crippen molar-refractivity contribution in [3.63, 3.8) is 0 Å². The number of carbonyl (C=O) groups is 2. The minimum Gasteiger partial charge on any atom is -0.447 e. The fourth-order valence-corrected chi connectivity index (χ4v) is 2.27. The van der Waals surface area contributed by atoms with Gasteiger partial charge in [0.15, 0.2) is 16.7 Å². The third kappa shape index (κ3) is 3.25. The maximum absolute atomic E-state index is 12.4. The number of halogens is 1.